The van der Waals surface area contributed by atoms with Crippen LogP contribution in [0.3, 0.4) is 0 Å². The highest BCUT2D eigenvalue weighted by molar-refractivity contribution is 6.17. The van der Waals surface area contributed by atoms with Crippen molar-refractivity contribution in [2.45, 2.75) is 20.8 Å². The molecule has 106 valence electrons. The molecule has 2 nitrogen and oxygen atoms in total. The van der Waals surface area contributed by atoms with E-state index < -0.39 is 0 Å². The van der Waals surface area contributed by atoms with Gasteiger partial charge in [-0.25, -0.2) is 0 Å². The summed E-state index contributed by atoms with van der Waals surface area (Å²) in [6.45, 7) is 7.54. The van der Waals surface area contributed by atoms with Crippen molar-refractivity contribution < 1.29 is 8.85 Å². The molecule has 0 unspecified atom stereocenters. The maximum absolute atomic E-state index is 4.88. The molecule has 0 heterocycles. The van der Waals surface area contributed by atoms with Crippen molar-refractivity contribution in [1.29, 1.82) is 0 Å². The van der Waals surface area contributed by atoms with Crippen LogP contribution in [0.1, 0.15) is 19.4 Å². The Morgan fingerprint density at radius 1 is 0.800 bits per heavy atom. The highest BCUT2D eigenvalue weighted by atomic mass is 28.3. The third-order valence-corrected chi connectivity index (χ3v) is 3.45. The van der Waals surface area contributed by atoms with E-state index in [1.165, 1.54) is 16.7 Å². The Bertz CT molecular complexity index is 467. The number of hydrogen-bond donors (Lipinski definition) is 0. The molecule has 0 fully saturated rings. The second-order valence-corrected chi connectivity index (χ2v) is 4.87. The third-order valence-electron chi connectivity index (χ3n) is 2.64. The molecule has 3 heteroatoms. The summed E-state index contributed by atoms with van der Waals surface area (Å²) in [5.41, 5.74) is 3.94. The predicted octanol–water partition coefficient (Wildman–Crippen LogP) is 4.26. The molecular weight excluding hydrogens is 264 g/mol. The summed E-state index contributed by atoms with van der Waals surface area (Å²) in [6.07, 6.45) is 0. The lowest BCUT2D eigenvalue weighted by molar-refractivity contribution is 0.240. The molecule has 0 aliphatic rings. The van der Waals surface area contributed by atoms with Gasteiger partial charge in [0, 0.05) is 13.2 Å². The van der Waals surface area contributed by atoms with E-state index in [0.29, 0.717) is 0 Å². The lowest BCUT2D eigenvalue weighted by atomic mass is 10.0. The normalized spacial score (nSPS) is 9.75. The summed E-state index contributed by atoms with van der Waals surface area (Å²) >= 11 is 0. The van der Waals surface area contributed by atoms with Crippen molar-refractivity contribution in [1.82, 2.24) is 0 Å². The SMILES string of the molecule is CCO[Si]OCC.Cc1ccccc1-c1ccccc1. The van der Waals surface area contributed by atoms with Gasteiger partial charge in [0.15, 0.2) is 0 Å². The largest absolute Gasteiger partial charge is 0.433 e. The van der Waals surface area contributed by atoms with E-state index in [2.05, 4.69) is 55.5 Å². The highest BCUT2D eigenvalue weighted by Gasteiger charge is 1.97. The maximum atomic E-state index is 4.88. The van der Waals surface area contributed by atoms with Crippen molar-refractivity contribution in [3.63, 3.8) is 0 Å². The van der Waals surface area contributed by atoms with Gasteiger partial charge >= 0.3 is 10.0 Å². The molecule has 0 saturated carbocycles. The predicted molar refractivity (Wildman–Crippen MR) is 85.6 cm³/mol. The Kier molecular flexibility index (Phi) is 8.63. The van der Waals surface area contributed by atoms with Gasteiger partial charge in [-0.1, -0.05) is 54.6 Å². The standard InChI is InChI=1S/C13H12.C4H10O2Si/c1-11-7-5-6-10-13(11)12-8-3-2-4-9-12;1-3-5-7-6-4-2/h2-10H,1H3;3-4H2,1-2H3. The first-order valence-corrected chi connectivity index (χ1v) is 7.70. The average Bonchev–Trinajstić information content (AvgIpc) is 2.50. The van der Waals surface area contributed by atoms with Gasteiger partial charge in [-0.15, -0.1) is 0 Å². The van der Waals surface area contributed by atoms with Gasteiger partial charge in [0.1, 0.15) is 0 Å². The lowest BCUT2D eigenvalue weighted by Gasteiger charge is -2.04. The molecule has 0 aliphatic carbocycles. The van der Waals surface area contributed by atoms with E-state index in [9.17, 15) is 0 Å². The van der Waals surface area contributed by atoms with E-state index >= 15 is 0 Å². The van der Waals surface area contributed by atoms with E-state index in [1.54, 1.807) is 0 Å². The molecule has 0 aliphatic heterocycles. The Balaban J connectivity index is 0.000000246. The number of hydrogen-bond acceptors (Lipinski definition) is 2. The Morgan fingerprint density at radius 3 is 1.90 bits per heavy atom. The maximum Gasteiger partial charge on any atom is 0.433 e. The first kappa shape index (κ1) is 16.6. The number of benzene rings is 2. The molecule has 0 spiro atoms. The van der Waals surface area contributed by atoms with Gasteiger partial charge in [-0.3, -0.25) is 0 Å². The van der Waals surface area contributed by atoms with Crippen LogP contribution < -0.4 is 0 Å². The fraction of sp³-hybridized carbons (Fsp3) is 0.294. The molecule has 2 rings (SSSR count). The van der Waals surface area contributed by atoms with E-state index in [0.717, 1.165) is 13.2 Å². The highest BCUT2D eigenvalue weighted by Crippen LogP contribution is 2.21. The van der Waals surface area contributed by atoms with Crippen molar-refractivity contribution in [3.8, 4) is 11.1 Å². The fourth-order valence-corrected chi connectivity index (χ4v) is 1.99. The molecule has 0 saturated heterocycles. The monoisotopic (exact) mass is 286 g/mol. The number of aryl methyl sites for hydroxylation is 1. The molecule has 0 bridgehead atoms. The van der Waals surface area contributed by atoms with Crippen LogP contribution in [0.4, 0.5) is 0 Å². The molecule has 20 heavy (non-hydrogen) atoms. The van der Waals surface area contributed by atoms with Crippen molar-refractivity contribution in [3.05, 3.63) is 60.2 Å². The summed E-state index contributed by atoms with van der Waals surface area (Å²) in [5.74, 6) is 0. The van der Waals surface area contributed by atoms with E-state index in [-0.39, 0.29) is 10.0 Å². The lowest BCUT2D eigenvalue weighted by Crippen LogP contribution is -2.02. The molecule has 0 amide bonds. The zero-order valence-electron chi connectivity index (χ0n) is 12.4. The first-order valence-electron chi connectivity index (χ1n) is 6.89. The van der Waals surface area contributed by atoms with Crippen LogP contribution in [-0.4, -0.2) is 23.2 Å². The summed E-state index contributed by atoms with van der Waals surface area (Å²) in [5, 5.41) is 0. The topological polar surface area (TPSA) is 18.5 Å². The second-order valence-electron chi connectivity index (χ2n) is 4.13. The minimum absolute atomic E-state index is 0.232. The van der Waals surface area contributed by atoms with E-state index in [1.807, 2.05) is 19.9 Å². The second kappa shape index (κ2) is 10.4. The average molecular weight is 286 g/mol. The Labute approximate surface area is 124 Å². The molecular formula is C17H22O2Si. The third kappa shape index (κ3) is 6.15. The van der Waals surface area contributed by atoms with Crippen LogP contribution in [0.2, 0.25) is 0 Å². The summed E-state index contributed by atoms with van der Waals surface area (Å²) in [7, 11) is 0.232. The van der Waals surface area contributed by atoms with E-state index in [4.69, 9.17) is 8.85 Å². The minimum Gasteiger partial charge on any atom is -0.393 e. The first-order chi connectivity index (χ1) is 9.79. The van der Waals surface area contributed by atoms with Crippen molar-refractivity contribution >= 4 is 10.0 Å². The van der Waals surface area contributed by atoms with Crippen LogP contribution in [0.15, 0.2) is 54.6 Å². The van der Waals surface area contributed by atoms with Gasteiger partial charge in [0.05, 0.1) is 0 Å². The van der Waals surface area contributed by atoms with Gasteiger partial charge in [0.2, 0.25) is 0 Å². The number of rotatable bonds is 5. The Hall–Kier alpha value is -1.42. The smallest absolute Gasteiger partial charge is 0.393 e. The zero-order chi connectivity index (χ0) is 14.6. The van der Waals surface area contributed by atoms with Crippen molar-refractivity contribution in [2.75, 3.05) is 13.2 Å². The van der Waals surface area contributed by atoms with Crippen LogP contribution in [0.5, 0.6) is 0 Å². The van der Waals surface area contributed by atoms with Gasteiger partial charge in [-0.2, -0.15) is 0 Å². The molecule has 0 atom stereocenters. The fourth-order valence-electron chi connectivity index (χ4n) is 1.67. The van der Waals surface area contributed by atoms with Crippen LogP contribution in [0, 0.1) is 6.92 Å². The van der Waals surface area contributed by atoms with Crippen LogP contribution in [-0.2, 0) is 8.85 Å². The summed E-state index contributed by atoms with van der Waals surface area (Å²) < 4.78 is 9.76. The zero-order valence-corrected chi connectivity index (χ0v) is 13.4. The molecule has 0 N–H and O–H groups in total. The summed E-state index contributed by atoms with van der Waals surface area (Å²) in [4.78, 5) is 0. The quantitative estimate of drug-likeness (QED) is 0.604. The van der Waals surface area contributed by atoms with Crippen LogP contribution in [0.25, 0.3) is 11.1 Å². The van der Waals surface area contributed by atoms with Gasteiger partial charge in [0.25, 0.3) is 0 Å². The van der Waals surface area contributed by atoms with Crippen molar-refractivity contribution in [2.24, 2.45) is 0 Å². The van der Waals surface area contributed by atoms with Gasteiger partial charge < -0.3 is 8.85 Å². The minimum atomic E-state index is 0.232. The van der Waals surface area contributed by atoms with Crippen LogP contribution >= 0.6 is 0 Å². The molecule has 2 aromatic rings. The van der Waals surface area contributed by atoms with Gasteiger partial charge in [-0.05, 0) is 37.5 Å². The Morgan fingerprint density at radius 2 is 1.35 bits per heavy atom. The molecule has 2 radical (unpaired) electrons. The summed E-state index contributed by atoms with van der Waals surface area (Å²) in [6, 6.07) is 18.9. The molecule has 2 aromatic carbocycles. The molecule has 0 aromatic heterocycles.